The second kappa shape index (κ2) is 7.18. The van der Waals surface area contributed by atoms with Crippen LogP contribution in [0.5, 0.6) is 0 Å². The third kappa shape index (κ3) is 6.86. The van der Waals surface area contributed by atoms with Crippen LogP contribution in [0, 0.1) is 6.92 Å². The van der Waals surface area contributed by atoms with Crippen molar-refractivity contribution < 1.29 is 9.59 Å². The predicted molar refractivity (Wildman–Crippen MR) is 60.6 cm³/mol. The molecule has 0 aliphatic heterocycles. The average molecular weight is 230 g/mol. The summed E-state index contributed by atoms with van der Waals surface area (Å²) in [7, 11) is 0. The molecule has 0 saturated heterocycles. The minimum absolute atomic E-state index is 0. The fourth-order valence-electron chi connectivity index (χ4n) is 1.05. The van der Waals surface area contributed by atoms with E-state index in [0.717, 1.165) is 0 Å². The molecular formula is C11H16ClNO2. The van der Waals surface area contributed by atoms with Gasteiger partial charge >= 0.3 is 6.15 Å². The Morgan fingerprint density at radius 2 is 1.73 bits per heavy atom. The van der Waals surface area contributed by atoms with Crippen LogP contribution in [0.2, 0.25) is 0 Å². The van der Waals surface area contributed by atoms with Gasteiger partial charge in [0.25, 0.3) is 0 Å². The second-order valence-electron chi connectivity index (χ2n) is 3.67. The van der Waals surface area contributed by atoms with Gasteiger partial charge < -0.3 is 5.73 Å². The molecule has 0 fully saturated rings. The van der Waals surface area contributed by atoms with Crippen LogP contribution in [-0.2, 0) is 15.1 Å². The van der Waals surface area contributed by atoms with E-state index >= 15 is 0 Å². The lowest BCUT2D eigenvalue weighted by Crippen LogP contribution is -2.28. The predicted octanol–water partition coefficient (Wildman–Crippen LogP) is 2.03. The molecule has 84 valence electrons. The molecule has 4 heteroatoms. The number of carbonyl (C=O) groups excluding carboxylic acids is 2. The summed E-state index contributed by atoms with van der Waals surface area (Å²) in [6.07, 6.45) is 0.250. The van der Waals surface area contributed by atoms with E-state index in [1.165, 1.54) is 11.1 Å². The number of nitrogens with two attached hydrogens (primary N) is 1. The Bertz CT molecular complexity index is 326. The number of rotatable bonds is 1. The molecule has 0 unspecified atom stereocenters. The van der Waals surface area contributed by atoms with Crippen LogP contribution < -0.4 is 5.73 Å². The lowest BCUT2D eigenvalue weighted by Gasteiger charge is -2.19. The highest BCUT2D eigenvalue weighted by molar-refractivity contribution is 5.85. The summed E-state index contributed by atoms with van der Waals surface area (Å²) >= 11 is 0. The average Bonchev–Trinajstić information content (AvgIpc) is 2.04. The summed E-state index contributed by atoms with van der Waals surface area (Å²) in [6, 6.07) is 8.31. The van der Waals surface area contributed by atoms with Crippen LogP contribution in [0.15, 0.2) is 24.3 Å². The van der Waals surface area contributed by atoms with Gasteiger partial charge in [0.1, 0.15) is 0 Å². The maximum atomic E-state index is 8.12. The molecule has 2 N–H and O–H groups in total. The standard InChI is InChI=1S/C10H15N.CO2.ClH/c1-8-5-4-6-9(7-8)10(2,3)11;2-1-3;/h4-7H,11H2,1-3H3;;1H. The molecule has 0 saturated carbocycles. The summed E-state index contributed by atoms with van der Waals surface area (Å²) < 4.78 is 0. The quantitative estimate of drug-likeness (QED) is 0.802. The van der Waals surface area contributed by atoms with Gasteiger partial charge in [-0.15, -0.1) is 12.4 Å². The van der Waals surface area contributed by atoms with Gasteiger partial charge in [0.05, 0.1) is 0 Å². The first-order chi connectivity index (χ1) is 6.41. The Morgan fingerprint density at radius 1 is 1.27 bits per heavy atom. The highest BCUT2D eigenvalue weighted by Crippen LogP contribution is 2.16. The third-order valence-corrected chi connectivity index (χ3v) is 1.76. The molecular weight excluding hydrogens is 214 g/mol. The summed E-state index contributed by atoms with van der Waals surface area (Å²) in [6.45, 7) is 6.11. The largest absolute Gasteiger partial charge is 0.373 e. The first kappa shape index (κ1) is 16.3. The van der Waals surface area contributed by atoms with E-state index in [-0.39, 0.29) is 24.1 Å². The molecule has 1 aromatic carbocycles. The van der Waals surface area contributed by atoms with Gasteiger partial charge in [-0.1, -0.05) is 29.8 Å². The molecule has 1 rings (SSSR count). The van der Waals surface area contributed by atoms with Gasteiger partial charge in [-0.25, -0.2) is 0 Å². The first-order valence-electron chi connectivity index (χ1n) is 4.27. The van der Waals surface area contributed by atoms with Gasteiger partial charge in [-0.3, -0.25) is 0 Å². The number of halogens is 1. The van der Waals surface area contributed by atoms with Crippen molar-refractivity contribution in [2.24, 2.45) is 5.73 Å². The maximum Gasteiger partial charge on any atom is 0.373 e. The van der Waals surface area contributed by atoms with Crippen LogP contribution in [0.3, 0.4) is 0 Å². The number of hydrogen-bond acceptors (Lipinski definition) is 3. The minimum atomic E-state index is -0.216. The summed E-state index contributed by atoms with van der Waals surface area (Å²) in [4.78, 5) is 16.2. The normalized spacial score (nSPS) is 9.07. The zero-order valence-electron chi connectivity index (χ0n) is 9.11. The number of benzene rings is 1. The van der Waals surface area contributed by atoms with Crippen LogP contribution >= 0.6 is 12.4 Å². The maximum absolute atomic E-state index is 8.12. The Labute approximate surface area is 96.1 Å². The molecule has 3 nitrogen and oxygen atoms in total. The van der Waals surface area contributed by atoms with Gasteiger partial charge in [0.2, 0.25) is 0 Å². The second-order valence-corrected chi connectivity index (χ2v) is 3.67. The molecule has 0 amide bonds. The SMILES string of the molecule is Cc1cccc(C(C)(C)N)c1.Cl.O=C=O. The van der Waals surface area contributed by atoms with Crippen molar-refractivity contribution in [3.05, 3.63) is 35.4 Å². The summed E-state index contributed by atoms with van der Waals surface area (Å²) in [5.74, 6) is 0. The Balaban J connectivity index is 0. The molecule has 1 aromatic rings. The Kier molecular flexibility index (Phi) is 7.80. The monoisotopic (exact) mass is 229 g/mol. The van der Waals surface area contributed by atoms with E-state index in [4.69, 9.17) is 15.3 Å². The van der Waals surface area contributed by atoms with Gasteiger partial charge in [-0.2, -0.15) is 9.59 Å². The lowest BCUT2D eigenvalue weighted by molar-refractivity contribution is -0.191. The molecule has 0 aliphatic carbocycles. The zero-order valence-corrected chi connectivity index (χ0v) is 9.93. The van der Waals surface area contributed by atoms with Crippen molar-refractivity contribution in [3.8, 4) is 0 Å². The topological polar surface area (TPSA) is 60.2 Å². The fourth-order valence-corrected chi connectivity index (χ4v) is 1.05. The van der Waals surface area contributed by atoms with Crippen molar-refractivity contribution in [1.82, 2.24) is 0 Å². The van der Waals surface area contributed by atoms with Gasteiger partial charge in [-0.05, 0) is 26.3 Å². The van der Waals surface area contributed by atoms with E-state index in [2.05, 4.69) is 25.1 Å². The van der Waals surface area contributed by atoms with Crippen molar-refractivity contribution in [3.63, 3.8) is 0 Å². The molecule has 0 spiro atoms. The van der Waals surface area contributed by atoms with Crippen molar-refractivity contribution >= 4 is 18.6 Å². The van der Waals surface area contributed by atoms with Crippen LogP contribution in [0.4, 0.5) is 0 Å². The lowest BCUT2D eigenvalue weighted by atomic mass is 9.94. The van der Waals surface area contributed by atoms with E-state index in [9.17, 15) is 0 Å². The smallest absolute Gasteiger partial charge is 0.322 e. The van der Waals surface area contributed by atoms with E-state index in [0.29, 0.717) is 0 Å². The van der Waals surface area contributed by atoms with E-state index in [1.54, 1.807) is 0 Å². The van der Waals surface area contributed by atoms with Gasteiger partial charge in [0.15, 0.2) is 0 Å². The number of aryl methyl sites for hydroxylation is 1. The van der Waals surface area contributed by atoms with Crippen molar-refractivity contribution in [2.75, 3.05) is 0 Å². The number of hydrogen-bond donors (Lipinski definition) is 1. The summed E-state index contributed by atoms with van der Waals surface area (Å²) in [5.41, 5.74) is 8.17. The van der Waals surface area contributed by atoms with Crippen molar-refractivity contribution in [2.45, 2.75) is 26.3 Å². The van der Waals surface area contributed by atoms with E-state index < -0.39 is 0 Å². The Morgan fingerprint density at radius 3 is 2.00 bits per heavy atom. The molecule has 0 aromatic heterocycles. The first-order valence-corrected chi connectivity index (χ1v) is 4.27. The molecule has 0 radical (unpaired) electrons. The molecule has 0 atom stereocenters. The van der Waals surface area contributed by atoms with Crippen LogP contribution in [0.25, 0.3) is 0 Å². The molecule has 0 heterocycles. The molecule has 15 heavy (non-hydrogen) atoms. The highest BCUT2D eigenvalue weighted by Gasteiger charge is 2.12. The Hall–Kier alpha value is -1.15. The summed E-state index contributed by atoms with van der Waals surface area (Å²) in [5, 5.41) is 0. The molecule has 0 aliphatic rings. The zero-order chi connectivity index (χ0) is 11.2. The highest BCUT2D eigenvalue weighted by atomic mass is 35.5. The molecule has 0 bridgehead atoms. The third-order valence-electron chi connectivity index (χ3n) is 1.76. The van der Waals surface area contributed by atoms with E-state index in [1.807, 2.05) is 19.9 Å². The van der Waals surface area contributed by atoms with Crippen LogP contribution in [0.1, 0.15) is 25.0 Å². The minimum Gasteiger partial charge on any atom is -0.322 e. The van der Waals surface area contributed by atoms with Gasteiger partial charge in [0, 0.05) is 5.54 Å². The van der Waals surface area contributed by atoms with Crippen molar-refractivity contribution in [1.29, 1.82) is 0 Å². The fraction of sp³-hybridized carbons (Fsp3) is 0.364. The van der Waals surface area contributed by atoms with Crippen LogP contribution in [-0.4, -0.2) is 6.15 Å².